The number of phenols is 2. The Morgan fingerprint density at radius 3 is 2.30 bits per heavy atom. The zero-order chi connectivity index (χ0) is 50.9. The first-order valence-corrected chi connectivity index (χ1v) is 24.7. The second-order valence-electron chi connectivity index (χ2n) is 19.4. The second-order valence-corrected chi connectivity index (χ2v) is 21.6. The van der Waals surface area contributed by atoms with Gasteiger partial charge in [-0.3, -0.25) is 24.2 Å². The highest BCUT2D eigenvalue weighted by atomic mass is 127. The fraction of sp³-hybridized carbons (Fsp3) is 0.600. The highest BCUT2D eigenvalue weighted by Crippen LogP contribution is 2.51. The zero-order valence-electron chi connectivity index (χ0n) is 41.4. The summed E-state index contributed by atoms with van der Waals surface area (Å²) in [4.78, 5) is 68.6. The highest BCUT2D eigenvalue weighted by Gasteiger charge is 2.51. The summed E-state index contributed by atoms with van der Waals surface area (Å²) in [5, 5.41) is 51.0. The number of halogens is 1. The molecule has 0 saturated carbocycles. The summed E-state index contributed by atoms with van der Waals surface area (Å²) in [6.45, 7) is 16.2. The monoisotopic (exact) mass is 1070 g/mol. The summed E-state index contributed by atoms with van der Waals surface area (Å²) >= 11 is 2.39. The van der Waals surface area contributed by atoms with E-state index >= 15 is 0 Å². The number of hydrogen-bond acceptors (Lipinski definition) is 17. The van der Waals surface area contributed by atoms with Gasteiger partial charge < -0.3 is 59.2 Å². The predicted octanol–water partition coefficient (Wildman–Crippen LogP) is 4.39. The molecule has 0 radical (unpaired) electrons. The first-order chi connectivity index (χ1) is 32.4. The van der Waals surface area contributed by atoms with Gasteiger partial charge in [0.1, 0.15) is 47.0 Å². The molecular weight excluding hydrogens is 1010 g/mol. The number of anilines is 1. The van der Waals surface area contributed by atoms with Crippen LogP contribution in [0.25, 0.3) is 10.8 Å². The maximum absolute atomic E-state index is 14.9. The standard InChI is InChI=1S/C50H68IN5O13/c1-25-13-12-14-26(2)48(64)52-40-39-38(53-50(54-39)16-18-56(19-17-50)24-27(3)51)35-36(44(40)62)43(61)31(7)46-37(35)47(63)49(8,69-46)67-21-15-32(65-11)28(4)45(30(6)42(60)29(5)41(25)59)68-34(58)23-33(57)66-22-20-55(9)10/h12-15,21,25,27-30,32,41-42,45,53,59-62H,16-20,22-24H2,1-11H3/b13-12+,21-15+,26-14-,52-40?/t25-,27?,28+,29+,30+,32-,41-,42+,45+,49-/m0/s1. The number of amides is 1. The molecule has 1 unspecified atom stereocenters. The fourth-order valence-corrected chi connectivity index (χ4v) is 10.1. The molecule has 4 bridgehead atoms. The van der Waals surface area contributed by atoms with E-state index in [1.54, 1.807) is 46.8 Å². The number of hydrogen-bond donors (Lipinski definition) is 5. The van der Waals surface area contributed by atoms with Crippen LogP contribution in [0.15, 0.2) is 46.1 Å². The molecule has 4 aliphatic heterocycles. The van der Waals surface area contributed by atoms with Crippen LogP contribution in [0, 0.1) is 30.6 Å². The number of piperidine rings is 1. The Labute approximate surface area is 416 Å². The van der Waals surface area contributed by atoms with Crippen LogP contribution in [0.5, 0.6) is 17.2 Å². The molecule has 378 valence electrons. The number of ketones is 1. The number of rotatable bonds is 9. The van der Waals surface area contributed by atoms with E-state index < -0.39 is 101 Å². The average molecular weight is 1070 g/mol. The Kier molecular flexibility index (Phi) is 16.9. The Morgan fingerprint density at radius 1 is 0.986 bits per heavy atom. The first-order valence-electron chi connectivity index (χ1n) is 23.5. The number of likely N-dealkylation sites (N-methyl/N-ethyl adjacent to an activating group) is 1. The molecule has 5 N–H and O–H groups in total. The van der Waals surface area contributed by atoms with E-state index in [0.717, 1.165) is 6.54 Å². The van der Waals surface area contributed by atoms with Gasteiger partial charge in [-0.15, -0.1) is 0 Å². The summed E-state index contributed by atoms with van der Waals surface area (Å²) in [5.74, 6) is -8.89. The van der Waals surface area contributed by atoms with Gasteiger partial charge >= 0.3 is 17.7 Å². The van der Waals surface area contributed by atoms with Crippen LogP contribution in [0.1, 0.15) is 83.7 Å². The smallest absolute Gasteiger partial charge is 0.317 e. The van der Waals surface area contributed by atoms with Crippen LogP contribution in [-0.4, -0.2) is 148 Å². The number of carbonyl (C=O) groups is 4. The number of nitrogens with one attached hydrogen (secondary N) is 1. The number of fused-ring (bicyclic) bond motifs is 1. The SMILES string of the molecule is CO[C@H]1/C=C/O[C@@]2(C)Oc3c(C)c(O)c4c(O)c(c5c(c4c3C2=O)NC2(CCN(CC(C)I)CC2)N=5)=NC(=O)/C(C)=C\C=C\[C@H](C)[C@H](O)[C@@H](C)[C@@H](O)[C@@H](C)[C@H](OC(=O)CC(=O)OCCN(C)C)[C@@H]1C. The molecule has 19 heteroatoms. The zero-order valence-corrected chi connectivity index (χ0v) is 43.5. The molecule has 1 spiro atoms. The largest absolute Gasteiger partial charge is 0.507 e. The molecule has 69 heavy (non-hydrogen) atoms. The molecule has 6 rings (SSSR count). The Morgan fingerprint density at radius 2 is 1.67 bits per heavy atom. The second kappa shape index (κ2) is 21.8. The lowest BCUT2D eigenvalue weighted by molar-refractivity contribution is -0.167. The fourth-order valence-electron chi connectivity index (χ4n) is 9.59. The number of aliphatic hydroxyl groups is 2. The van der Waals surface area contributed by atoms with Crippen LogP contribution in [0.4, 0.5) is 5.69 Å². The number of methoxy groups -OCH3 is 1. The van der Waals surface area contributed by atoms with Crippen molar-refractivity contribution >= 4 is 62.7 Å². The Hall–Kier alpha value is -4.67. The minimum atomic E-state index is -2.02. The summed E-state index contributed by atoms with van der Waals surface area (Å²) in [7, 11) is 5.05. The van der Waals surface area contributed by atoms with Crippen molar-refractivity contribution in [1.82, 2.24) is 9.80 Å². The normalized spacial score (nSPS) is 30.6. The number of benzene rings is 2. The van der Waals surface area contributed by atoms with E-state index in [0.29, 0.717) is 42.1 Å². The van der Waals surface area contributed by atoms with Crippen molar-refractivity contribution in [3.63, 3.8) is 0 Å². The summed E-state index contributed by atoms with van der Waals surface area (Å²) < 4.78 is 30.0. The van der Waals surface area contributed by atoms with Gasteiger partial charge in [-0.25, -0.2) is 4.99 Å². The lowest BCUT2D eigenvalue weighted by Crippen LogP contribution is -2.47. The molecular formula is C50H68IN5O13. The van der Waals surface area contributed by atoms with Crippen molar-refractivity contribution in [2.24, 2.45) is 33.7 Å². The molecule has 0 aromatic heterocycles. The van der Waals surface area contributed by atoms with Crippen molar-refractivity contribution < 1.29 is 63.3 Å². The molecule has 1 saturated heterocycles. The Bertz CT molecular complexity index is 2540. The quantitative estimate of drug-likeness (QED) is 0.0770. The molecule has 4 aliphatic rings. The molecule has 18 nitrogen and oxygen atoms in total. The van der Waals surface area contributed by atoms with Gasteiger partial charge in [-0.05, 0) is 34.0 Å². The maximum atomic E-state index is 14.9. The van der Waals surface area contributed by atoms with Gasteiger partial charge in [0.2, 0.25) is 0 Å². The van der Waals surface area contributed by atoms with E-state index in [2.05, 4.69) is 44.7 Å². The molecule has 2 aromatic carbocycles. The number of nitrogens with zero attached hydrogens (tertiary/aromatic N) is 4. The number of Topliss-reactive ketones (excluding diaryl/α,β-unsaturated/α-hetero) is 1. The number of aromatic hydroxyl groups is 2. The van der Waals surface area contributed by atoms with Crippen LogP contribution >= 0.6 is 22.6 Å². The van der Waals surface area contributed by atoms with E-state index in [1.807, 2.05) is 19.0 Å². The van der Waals surface area contributed by atoms with E-state index in [1.165, 1.54) is 39.4 Å². The average Bonchev–Trinajstić information content (AvgIpc) is 3.79. The highest BCUT2D eigenvalue weighted by molar-refractivity contribution is 14.1. The Balaban J connectivity index is 1.47. The lowest BCUT2D eigenvalue weighted by atomic mass is 9.78. The molecule has 0 aliphatic carbocycles. The van der Waals surface area contributed by atoms with Gasteiger partial charge in [0.25, 0.3) is 11.7 Å². The molecule has 1 fully saturated rings. The van der Waals surface area contributed by atoms with Gasteiger partial charge in [0.15, 0.2) is 5.75 Å². The van der Waals surface area contributed by atoms with Crippen molar-refractivity contribution in [1.29, 1.82) is 0 Å². The van der Waals surface area contributed by atoms with Gasteiger partial charge in [0, 0.05) is 97.2 Å². The molecule has 4 heterocycles. The van der Waals surface area contributed by atoms with Gasteiger partial charge in [-0.1, -0.05) is 75.4 Å². The van der Waals surface area contributed by atoms with Gasteiger partial charge in [0.05, 0.1) is 41.2 Å². The van der Waals surface area contributed by atoms with Crippen LogP contribution < -0.4 is 20.8 Å². The van der Waals surface area contributed by atoms with Crippen LogP contribution in [0.2, 0.25) is 0 Å². The number of alkyl halides is 1. The number of ether oxygens (including phenoxy) is 5. The molecule has 10 atom stereocenters. The first kappa shape index (κ1) is 53.7. The third-order valence-corrected chi connectivity index (χ3v) is 14.3. The minimum absolute atomic E-state index is 0.0179. The number of aliphatic hydroxyl groups excluding tert-OH is 2. The third-order valence-electron chi connectivity index (χ3n) is 13.9. The minimum Gasteiger partial charge on any atom is -0.507 e. The predicted molar refractivity (Wildman–Crippen MR) is 265 cm³/mol. The van der Waals surface area contributed by atoms with Crippen molar-refractivity contribution in [2.45, 2.75) is 114 Å². The summed E-state index contributed by atoms with van der Waals surface area (Å²) in [6, 6.07) is 0. The summed E-state index contributed by atoms with van der Waals surface area (Å²) in [6.07, 6.45) is 3.56. The number of likely N-dealkylation sites (tertiary alicyclic amines) is 1. The van der Waals surface area contributed by atoms with E-state index in [9.17, 15) is 39.6 Å². The topological polar surface area (TPSA) is 239 Å². The van der Waals surface area contributed by atoms with Crippen LogP contribution in [0.3, 0.4) is 0 Å². The van der Waals surface area contributed by atoms with Crippen LogP contribution in [-0.2, 0) is 33.3 Å². The van der Waals surface area contributed by atoms with Crippen molar-refractivity contribution in [3.05, 3.63) is 58.0 Å². The molecule has 1 amide bonds. The molecule has 2 aromatic rings. The number of carbonyl (C=O) groups excluding carboxylic acids is 4. The maximum Gasteiger partial charge on any atom is 0.317 e. The van der Waals surface area contributed by atoms with Crippen molar-refractivity contribution in [3.8, 4) is 17.2 Å². The third kappa shape index (κ3) is 11.3. The lowest BCUT2D eigenvalue weighted by Gasteiger charge is -2.38. The summed E-state index contributed by atoms with van der Waals surface area (Å²) in [5.41, 5.74) is -0.271. The van der Waals surface area contributed by atoms with Crippen molar-refractivity contribution in [2.75, 3.05) is 59.3 Å². The van der Waals surface area contributed by atoms with E-state index in [4.69, 9.17) is 28.7 Å². The number of allylic oxidation sites excluding steroid dienone is 2. The number of phenolic OH excluding ortho intramolecular Hbond substituents is 2. The van der Waals surface area contributed by atoms with E-state index in [-0.39, 0.29) is 50.5 Å². The number of esters is 2. The van der Waals surface area contributed by atoms with Gasteiger partial charge in [-0.2, -0.15) is 0 Å².